The summed E-state index contributed by atoms with van der Waals surface area (Å²) in [5.41, 5.74) is 7.19. The predicted octanol–water partition coefficient (Wildman–Crippen LogP) is 2.43. The summed E-state index contributed by atoms with van der Waals surface area (Å²) >= 11 is 0. The minimum absolute atomic E-state index is 0.0394. The van der Waals surface area contributed by atoms with Gasteiger partial charge in [0.2, 0.25) is 0 Å². The summed E-state index contributed by atoms with van der Waals surface area (Å²) < 4.78 is 0. The van der Waals surface area contributed by atoms with Crippen molar-refractivity contribution in [3.05, 3.63) is 47.7 Å². The first-order valence-corrected chi connectivity index (χ1v) is 7.31. The van der Waals surface area contributed by atoms with Gasteiger partial charge in [0, 0.05) is 18.7 Å². The van der Waals surface area contributed by atoms with E-state index in [1.54, 1.807) is 6.07 Å². The van der Waals surface area contributed by atoms with Gasteiger partial charge in [-0.1, -0.05) is 30.3 Å². The number of hydrogen-bond donors (Lipinski definition) is 2. The number of amides is 1. The molecule has 2 aromatic rings. The van der Waals surface area contributed by atoms with Crippen molar-refractivity contribution in [2.75, 3.05) is 5.73 Å². The minimum atomic E-state index is -0.0394. The van der Waals surface area contributed by atoms with Crippen LogP contribution in [0, 0.1) is 5.92 Å². The molecular formula is C16H20N4O. The molecule has 1 unspecified atom stereocenters. The van der Waals surface area contributed by atoms with Crippen molar-refractivity contribution in [3.63, 3.8) is 0 Å². The Balaban J connectivity index is 1.83. The van der Waals surface area contributed by atoms with E-state index in [2.05, 4.69) is 17.1 Å². The molecule has 1 aromatic carbocycles. The standard InChI is InChI=1S/C16H20N4O/c1-11(13-7-8-13)20(10-12-5-3-2-4-6-12)16(21)14-9-15(17)19-18-14/h2-6,9,11,13H,7-8,10H2,1H3,(H3,17,18,19). The second-order valence-corrected chi connectivity index (χ2v) is 5.70. The normalized spacial score (nSPS) is 15.7. The molecule has 1 aromatic heterocycles. The van der Waals surface area contributed by atoms with Crippen LogP contribution in [0.25, 0.3) is 0 Å². The molecule has 5 heteroatoms. The Morgan fingerprint density at radius 3 is 2.71 bits per heavy atom. The van der Waals surface area contributed by atoms with E-state index < -0.39 is 0 Å². The van der Waals surface area contributed by atoms with Crippen LogP contribution in [-0.4, -0.2) is 27.0 Å². The topological polar surface area (TPSA) is 75.0 Å². The lowest BCUT2D eigenvalue weighted by Gasteiger charge is -2.29. The van der Waals surface area contributed by atoms with Gasteiger partial charge < -0.3 is 10.6 Å². The van der Waals surface area contributed by atoms with Crippen LogP contribution in [0.3, 0.4) is 0 Å². The van der Waals surface area contributed by atoms with Gasteiger partial charge >= 0.3 is 0 Å². The number of benzene rings is 1. The summed E-state index contributed by atoms with van der Waals surface area (Å²) in [4.78, 5) is 14.7. The third-order valence-electron chi connectivity index (χ3n) is 4.08. The van der Waals surface area contributed by atoms with Crippen LogP contribution in [-0.2, 0) is 6.54 Å². The molecule has 3 N–H and O–H groups in total. The number of carbonyl (C=O) groups excluding carboxylic acids is 1. The lowest BCUT2D eigenvalue weighted by molar-refractivity contribution is 0.0648. The summed E-state index contributed by atoms with van der Waals surface area (Å²) in [6.07, 6.45) is 2.40. The van der Waals surface area contributed by atoms with Crippen molar-refractivity contribution in [3.8, 4) is 0 Å². The number of H-pyrrole nitrogens is 1. The van der Waals surface area contributed by atoms with Gasteiger partial charge in [-0.05, 0) is 31.2 Å². The molecule has 1 atom stereocenters. The van der Waals surface area contributed by atoms with Crippen LogP contribution in [0.5, 0.6) is 0 Å². The van der Waals surface area contributed by atoms with E-state index in [9.17, 15) is 4.79 Å². The molecule has 110 valence electrons. The molecule has 1 heterocycles. The summed E-state index contributed by atoms with van der Waals surface area (Å²) in [6.45, 7) is 2.73. The fraction of sp³-hybridized carbons (Fsp3) is 0.375. The fourth-order valence-electron chi connectivity index (χ4n) is 2.62. The molecule has 5 nitrogen and oxygen atoms in total. The zero-order valence-electron chi connectivity index (χ0n) is 12.1. The average molecular weight is 284 g/mol. The zero-order valence-corrected chi connectivity index (χ0v) is 12.1. The molecule has 1 aliphatic rings. The van der Waals surface area contributed by atoms with E-state index in [0.717, 1.165) is 5.56 Å². The highest BCUT2D eigenvalue weighted by molar-refractivity contribution is 5.93. The number of nitrogens with two attached hydrogens (primary N) is 1. The van der Waals surface area contributed by atoms with Crippen molar-refractivity contribution in [1.82, 2.24) is 15.1 Å². The van der Waals surface area contributed by atoms with Crippen molar-refractivity contribution < 1.29 is 4.79 Å². The van der Waals surface area contributed by atoms with Gasteiger partial charge in [0.1, 0.15) is 11.5 Å². The number of carbonyl (C=O) groups is 1. The predicted molar refractivity (Wildman–Crippen MR) is 81.5 cm³/mol. The number of anilines is 1. The maximum absolute atomic E-state index is 12.7. The summed E-state index contributed by atoms with van der Waals surface area (Å²) in [5.74, 6) is 0.914. The maximum atomic E-state index is 12.7. The first-order chi connectivity index (χ1) is 10.1. The molecule has 0 radical (unpaired) electrons. The maximum Gasteiger partial charge on any atom is 0.272 e. The minimum Gasteiger partial charge on any atom is -0.382 e. The Labute approximate surface area is 124 Å². The van der Waals surface area contributed by atoms with E-state index in [1.807, 2.05) is 35.2 Å². The molecule has 3 rings (SSSR count). The number of rotatable bonds is 5. The first-order valence-electron chi connectivity index (χ1n) is 7.31. The Bertz CT molecular complexity index is 618. The van der Waals surface area contributed by atoms with Crippen LogP contribution < -0.4 is 5.73 Å². The van der Waals surface area contributed by atoms with Crippen LogP contribution in [0.2, 0.25) is 0 Å². The van der Waals surface area contributed by atoms with Gasteiger partial charge in [0.25, 0.3) is 5.91 Å². The smallest absolute Gasteiger partial charge is 0.272 e. The molecule has 0 spiro atoms. The summed E-state index contributed by atoms with van der Waals surface area (Å²) in [6, 6.07) is 11.9. The Kier molecular flexibility index (Phi) is 3.64. The molecule has 0 aliphatic heterocycles. The highest BCUT2D eigenvalue weighted by atomic mass is 16.2. The lowest BCUT2D eigenvalue weighted by atomic mass is 10.1. The number of nitrogen functional groups attached to an aromatic ring is 1. The Hall–Kier alpha value is -2.30. The molecular weight excluding hydrogens is 264 g/mol. The molecule has 0 saturated heterocycles. The van der Waals surface area contributed by atoms with Crippen LogP contribution >= 0.6 is 0 Å². The number of hydrogen-bond acceptors (Lipinski definition) is 3. The summed E-state index contributed by atoms with van der Waals surface area (Å²) in [5, 5.41) is 6.57. The van der Waals surface area contributed by atoms with E-state index in [0.29, 0.717) is 24.0 Å². The van der Waals surface area contributed by atoms with Crippen LogP contribution in [0.15, 0.2) is 36.4 Å². The van der Waals surface area contributed by atoms with E-state index in [4.69, 9.17) is 5.73 Å². The van der Waals surface area contributed by atoms with Gasteiger partial charge in [0.05, 0.1) is 0 Å². The second kappa shape index (κ2) is 5.60. The zero-order chi connectivity index (χ0) is 14.8. The van der Waals surface area contributed by atoms with Crippen molar-refractivity contribution in [2.45, 2.75) is 32.4 Å². The average Bonchev–Trinajstić information content (AvgIpc) is 3.26. The first kappa shape index (κ1) is 13.7. The van der Waals surface area contributed by atoms with Crippen LogP contribution in [0.1, 0.15) is 35.8 Å². The van der Waals surface area contributed by atoms with Crippen molar-refractivity contribution in [1.29, 1.82) is 0 Å². The molecule has 1 aliphatic carbocycles. The highest BCUT2D eigenvalue weighted by Crippen LogP contribution is 2.36. The quantitative estimate of drug-likeness (QED) is 0.885. The number of nitrogens with one attached hydrogen (secondary N) is 1. The number of nitrogens with zero attached hydrogens (tertiary/aromatic N) is 2. The summed E-state index contributed by atoms with van der Waals surface area (Å²) in [7, 11) is 0. The van der Waals surface area contributed by atoms with Gasteiger partial charge in [-0.25, -0.2) is 0 Å². The third-order valence-corrected chi connectivity index (χ3v) is 4.08. The Morgan fingerprint density at radius 1 is 1.43 bits per heavy atom. The molecule has 0 bridgehead atoms. The lowest BCUT2D eigenvalue weighted by Crippen LogP contribution is -2.39. The Morgan fingerprint density at radius 2 is 2.14 bits per heavy atom. The van der Waals surface area contributed by atoms with Crippen LogP contribution in [0.4, 0.5) is 5.82 Å². The third kappa shape index (κ3) is 3.07. The van der Waals surface area contributed by atoms with E-state index in [1.165, 1.54) is 12.8 Å². The monoisotopic (exact) mass is 284 g/mol. The highest BCUT2D eigenvalue weighted by Gasteiger charge is 2.35. The number of aromatic amines is 1. The number of aromatic nitrogens is 2. The van der Waals surface area contributed by atoms with Gasteiger partial charge in [-0.3, -0.25) is 9.89 Å². The molecule has 1 amide bonds. The molecule has 1 fully saturated rings. The van der Waals surface area contributed by atoms with E-state index >= 15 is 0 Å². The van der Waals surface area contributed by atoms with Gasteiger partial charge in [-0.2, -0.15) is 5.10 Å². The fourth-order valence-corrected chi connectivity index (χ4v) is 2.62. The molecule has 1 saturated carbocycles. The van der Waals surface area contributed by atoms with E-state index in [-0.39, 0.29) is 11.9 Å². The molecule has 21 heavy (non-hydrogen) atoms. The SMILES string of the molecule is CC(C1CC1)N(Cc1ccccc1)C(=O)c1cc(N)n[nH]1. The second-order valence-electron chi connectivity index (χ2n) is 5.70. The van der Waals surface area contributed by atoms with Crippen molar-refractivity contribution in [2.24, 2.45) is 5.92 Å². The van der Waals surface area contributed by atoms with Gasteiger partial charge in [0.15, 0.2) is 0 Å². The largest absolute Gasteiger partial charge is 0.382 e. The van der Waals surface area contributed by atoms with Gasteiger partial charge in [-0.15, -0.1) is 0 Å². The van der Waals surface area contributed by atoms with Crippen molar-refractivity contribution >= 4 is 11.7 Å².